The van der Waals surface area contributed by atoms with Gasteiger partial charge in [-0.1, -0.05) is 200 Å². The summed E-state index contributed by atoms with van der Waals surface area (Å²) in [6, 6.07) is 72.5. The average Bonchev–Trinajstić information content (AvgIpc) is 3.58. The van der Waals surface area contributed by atoms with Gasteiger partial charge in [-0.05, 0) is 86.2 Å². The highest BCUT2D eigenvalue weighted by Gasteiger charge is 2.47. The Morgan fingerprint density at radius 3 is 1.54 bits per heavy atom. The maximum absolute atomic E-state index is 5.31. The second-order valence-corrected chi connectivity index (χ2v) is 15.3. The largest absolute Gasteiger partial charge is 0.258 e. The highest BCUT2D eigenvalue weighted by atomic mass is 15.0. The zero-order valence-corrected chi connectivity index (χ0v) is 32.2. The summed E-state index contributed by atoms with van der Waals surface area (Å²) < 4.78 is 0. The van der Waals surface area contributed by atoms with Crippen LogP contribution in [0.15, 0.2) is 210 Å². The first-order chi connectivity index (χ1) is 28.1. The summed E-state index contributed by atoms with van der Waals surface area (Å²) in [6.07, 6.45) is 0.714. The predicted molar refractivity (Wildman–Crippen MR) is 237 cm³/mol. The van der Waals surface area contributed by atoms with E-state index in [1.165, 1.54) is 72.3 Å². The maximum atomic E-state index is 5.31. The summed E-state index contributed by atoms with van der Waals surface area (Å²) in [5, 5.41) is 0. The van der Waals surface area contributed by atoms with Crippen LogP contribution in [-0.2, 0) is 5.41 Å². The van der Waals surface area contributed by atoms with Crippen molar-refractivity contribution in [3.05, 3.63) is 250 Å². The summed E-state index contributed by atoms with van der Waals surface area (Å²) in [4.78, 5) is 10.6. The Kier molecular flexibility index (Phi) is 8.68. The Balaban J connectivity index is 1.07. The fraction of sp³-hybridized carbons (Fsp3) is 0.0909. The first-order valence-corrected chi connectivity index (χ1v) is 19.9. The van der Waals surface area contributed by atoms with E-state index in [1.807, 2.05) is 6.07 Å². The van der Waals surface area contributed by atoms with Gasteiger partial charge in [0, 0.05) is 17.5 Å². The SMILES string of the molecule is Cc1ccccc1C1(c2cccc(-c3ccc(C4CC(c5ccccc5-c5ccccc5)=NC(c5ccccc5)=N4)cc3)c2C)c2ccccc2-c2ccccc21. The third-order valence-electron chi connectivity index (χ3n) is 12.1. The fourth-order valence-corrected chi connectivity index (χ4v) is 9.47. The minimum Gasteiger partial charge on any atom is -0.258 e. The molecular weight excluding hydrogens is 689 g/mol. The van der Waals surface area contributed by atoms with Crippen molar-refractivity contribution < 1.29 is 0 Å². The Morgan fingerprint density at radius 1 is 0.404 bits per heavy atom. The number of amidine groups is 1. The van der Waals surface area contributed by atoms with Crippen molar-refractivity contribution in [2.75, 3.05) is 0 Å². The summed E-state index contributed by atoms with van der Waals surface area (Å²) in [7, 11) is 0. The van der Waals surface area contributed by atoms with E-state index in [1.54, 1.807) is 0 Å². The highest BCUT2D eigenvalue weighted by Crippen LogP contribution is 2.57. The van der Waals surface area contributed by atoms with Gasteiger partial charge in [0.25, 0.3) is 0 Å². The van der Waals surface area contributed by atoms with Crippen molar-refractivity contribution in [1.29, 1.82) is 0 Å². The van der Waals surface area contributed by atoms with Crippen LogP contribution < -0.4 is 0 Å². The first kappa shape index (κ1) is 34.6. The number of nitrogens with zero attached hydrogens (tertiary/aromatic N) is 2. The molecule has 1 heterocycles. The van der Waals surface area contributed by atoms with E-state index in [-0.39, 0.29) is 6.04 Å². The van der Waals surface area contributed by atoms with Crippen LogP contribution in [0.2, 0.25) is 0 Å². The standard InChI is InChI=1S/C55H42N2/c1-37-18-9-14-28-48(37)55(50-29-15-12-24-45(50)46-25-13-16-30-51(46)55)49-31-17-27-43(38(49)2)40-32-34-41(35-33-40)52-36-53(57-54(56-52)42-21-7-4-8-22-42)47-26-11-10-23-44(47)39-19-5-3-6-20-39/h3-35,52H,36H2,1-2H3. The number of rotatable bonds is 7. The van der Waals surface area contributed by atoms with Gasteiger partial charge in [0.15, 0.2) is 5.84 Å². The lowest BCUT2D eigenvalue weighted by atomic mass is 9.65. The lowest BCUT2D eigenvalue weighted by molar-refractivity contribution is 0.753. The van der Waals surface area contributed by atoms with Crippen molar-refractivity contribution in [3.8, 4) is 33.4 Å². The Morgan fingerprint density at radius 2 is 0.895 bits per heavy atom. The molecular formula is C55H42N2. The molecule has 0 aromatic heterocycles. The maximum Gasteiger partial charge on any atom is 0.155 e. The monoisotopic (exact) mass is 730 g/mol. The van der Waals surface area contributed by atoms with Gasteiger partial charge >= 0.3 is 0 Å². The molecule has 0 amide bonds. The van der Waals surface area contributed by atoms with E-state index in [4.69, 9.17) is 9.98 Å². The average molecular weight is 731 g/mol. The van der Waals surface area contributed by atoms with Crippen molar-refractivity contribution >= 4 is 11.5 Å². The zero-order valence-electron chi connectivity index (χ0n) is 32.2. The van der Waals surface area contributed by atoms with Gasteiger partial charge in [0.2, 0.25) is 0 Å². The molecule has 8 aromatic rings. The molecule has 10 rings (SSSR count). The van der Waals surface area contributed by atoms with Crippen LogP contribution in [0.3, 0.4) is 0 Å². The van der Waals surface area contributed by atoms with Gasteiger partial charge in [-0.15, -0.1) is 0 Å². The number of aryl methyl sites for hydroxylation is 1. The van der Waals surface area contributed by atoms with Gasteiger partial charge in [-0.25, -0.2) is 4.99 Å². The fourth-order valence-electron chi connectivity index (χ4n) is 9.47. The van der Waals surface area contributed by atoms with Crippen LogP contribution in [-0.4, -0.2) is 11.5 Å². The van der Waals surface area contributed by atoms with E-state index in [0.717, 1.165) is 22.7 Å². The van der Waals surface area contributed by atoms with Crippen molar-refractivity contribution in [2.45, 2.75) is 31.7 Å². The molecule has 1 atom stereocenters. The van der Waals surface area contributed by atoms with E-state index in [0.29, 0.717) is 6.42 Å². The first-order valence-electron chi connectivity index (χ1n) is 19.9. The van der Waals surface area contributed by atoms with Crippen LogP contribution in [0, 0.1) is 13.8 Å². The molecule has 0 saturated heterocycles. The quantitative estimate of drug-likeness (QED) is 0.156. The molecule has 8 aromatic carbocycles. The normalized spacial score (nSPS) is 15.3. The molecule has 1 unspecified atom stereocenters. The molecule has 0 radical (unpaired) electrons. The lowest BCUT2D eigenvalue weighted by Gasteiger charge is -2.36. The molecule has 2 nitrogen and oxygen atoms in total. The Bertz CT molecular complexity index is 2780. The third-order valence-corrected chi connectivity index (χ3v) is 12.1. The predicted octanol–water partition coefficient (Wildman–Crippen LogP) is 13.4. The van der Waals surface area contributed by atoms with Crippen molar-refractivity contribution in [1.82, 2.24) is 0 Å². The van der Waals surface area contributed by atoms with Crippen LogP contribution in [0.4, 0.5) is 0 Å². The summed E-state index contributed by atoms with van der Waals surface area (Å²) in [5.41, 5.74) is 19.3. The smallest absolute Gasteiger partial charge is 0.155 e. The van der Waals surface area contributed by atoms with Gasteiger partial charge < -0.3 is 0 Å². The minimum absolute atomic E-state index is 0.0752. The van der Waals surface area contributed by atoms with E-state index >= 15 is 0 Å². The van der Waals surface area contributed by atoms with Crippen LogP contribution in [0.5, 0.6) is 0 Å². The molecule has 1 aliphatic heterocycles. The third kappa shape index (κ3) is 5.79. The Labute approximate surface area is 335 Å². The molecule has 2 heteroatoms. The van der Waals surface area contributed by atoms with Crippen molar-refractivity contribution in [2.24, 2.45) is 9.98 Å². The lowest BCUT2D eigenvalue weighted by Crippen LogP contribution is -2.30. The molecule has 1 aliphatic carbocycles. The number of aliphatic imine (C=N–C) groups is 2. The zero-order chi connectivity index (χ0) is 38.3. The van der Waals surface area contributed by atoms with Gasteiger partial charge in [0.1, 0.15) is 0 Å². The van der Waals surface area contributed by atoms with Crippen LogP contribution in [0.25, 0.3) is 33.4 Å². The highest BCUT2D eigenvalue weighted by molar-refractivity contribution is 6.16. The van der Waals surface area contributed by atoms with E-state index < -0.39 is 5.41 Å². The number of fused-ring (bicyclic) bond motifs is 3. The molecule has 2 aliphatic rings. The number of benzene rings is 8. The summed E-state index contributed by atoms with van der Waals surface area (Å²) in [6.45, 7) is 4.57. The van der Waals surface area contributed by atoms with E-state index in [2.05, 4.69) is 208 Å². The molecule has 0 N–H and O–H groups in total. The van der Waals surface area contributed by atoms with E-state index in [9.17, 15) is 0 Å². The topological polar surface area (TPSA) is 24.7 Å². The van der Waals surface area contributed by atoms with Crippen molar-refractivity contribution in [3.63, 3.8) is 0 Å². The van der Waals surface area contributed by atoms with Crippen LogP contribution >= 0.6 is 0 Å². The molecule has 57 heavy (non-hydrogen) atoms. The number of hydrogen-bond acceptors (Lipinski definition) is 2. The van der Waals surface area contributed by atoms with Gasteiger partial charge in [-0.2, -0.15) is 0 Å². The van der Waals surface area contributed by atoms with Crippen LogP contribution in [0.1, 0.15) is 62.5 Å². The van der Waals surface area contributed by atoms with Gasteiger partial charge in [-0.3, -0.25) is 4.99 Å². The molecule has 272 valence electrons. The summed E-state index contributed by atoms with van der Waals surface area (Å²) in [5.74, 6) is 0.774. The second kappa shape index (κ2) is 14.3. The minimum atomic E-state index is -0.449. The summed E-state index contributed by atoms with van der Waals surface area (Å²) >= 11 is 0. The van der Waals surface area contributed by atoms with Gasteiger partial charge in [0.05, 0.1) is 17.2 Å². The molecule has 0 bridgehead atoms. The molecule has 0 fully saturated rings. The molecule has 0 saturated carbocycles. The molecule has 0 spiro atoms. The second-order valence-electron chi connectivity index (χ2n) is 15.3. The Hall–Kier alpha value is -6.90. The number of hydrogen-bond donors (Lipinski definition) is 0.